The zero-order valence-electron chi connectivity index (χ0n) is 16.2. The first-order valence-electron chi connectivity index (χ1n) is 9.47. The minimum atomic E-state index is -0.878. The highest BCUT2D eigenvalue weighted by molar-refractivity contribution is 6.65. The van der Waals surface area contributed by atoms with Crippen LogP contribution < -0.4 is 16.4 Å². The lowest BCUT2D eigenvalue weighted by Crippen LogP contribution is -2.48. The Kier molecular flexibility index (Phi) is 7.51. The predicted octanol–water partition coefficient (Wildman–Crippen LogP) is 2.91. The molecule has 1 heterocycles. The summed E-state index contributed by atoms with van der Waals surface area (Å²) in [5.74, 6) is -0.374. The Balaban J connectivity index is 1.57. The van der Waals surface area contributed by atoms with Crippen molar-refractivity contribution in [2.75, 3.05) is 5.73 Å². The van der Waals surface area contributed by atoms with Gasteiger partial charge in [0, 0.05) is 25.1 Å². The topological polar surface area (TPSA) is 115 Å². The molecule has 0 radical (unpaired) electrons. The molecule has 30 heavy (non-hydrogen) atoms. The number of oxime groups is 1. The van der Waals surface area contributed by atoms with E-state index in [-0.39, 0.29) is 25.5 Å². The number of nitrogen functional groups attached to an aromatic ring is 1. The van der Waals surface area contributed by atoms with Crippen LogP contribution in [-0.2, 0) is 27.5 Å². The van der Waals surface area contributed by atoms with Gasteiger partial charge in [0.05, 0.1) is 0 Å². The van der Waals surface area contributed by atoms with Crippen molar-refractivity contribution in [3.05, 3.63) is 65.7 Å². The number of halogens is 1. The van der Waals surface area contributed by atoms with Crippen molar-refractivity contribution >= 4 is 34.5 Å². The van der Waals surface area contributed by atoms with Crippen LogP contribution in [0.25, 0.3) is 0 Å². The van der Waals surface area contributed by atoms with Gasteiger partial charge in [0.2, 0.25) is 5.91 Å². The molecule has 2 unspecified atom stereocenters. The van der Waals surface area contributed by atoms with E-state index in [1.54, 1.807) is 18.2 Å². The summed E-state index contributed by atoms with van der Waals surface area (Å²) in [6, 6.07) is 15.6. The molecule has 2 aromatic carbocycles. The Morgan fingerprint density at radius 1 is 1.20 bits per heavy atom. The van der Waals surface area contributed by atoms with Crippen LogP contribution in [-0.4, -0.2) is 29.3 Å². The second-order valence-corrected chi connectivity index (χ2v) is 7.29. The number of anilines is 1. The number of carbonyl (C=O) groups excluding carboxylic acids is 2. The van der Waals surface area contributed by atoms with Crippen LogP contribution in [0.3, 0.4) is 0 Å². The van der Waals surface area contributed by atoms with Crippen LogP contribution in [0, 0.1) is 0 Å². The van der Waals surface area contributed by atoms with E-state index in [9.17, 15) is 9.59 Å². The Morgan fingerprint density at radius 2 is 1.97 bits per heavy atom. The molecular weight excluding hydrogens is 408 g/mol. The molecule has 8 nitrogen and oxygen atoms in total. The molecule has 2 aromatic rings. The largest absolute Gasteiger partial charge is 0.445 e. The van der Waals surface area contributed by atoms with E-state index in [0.717, 1.165) is 11.1 Å². The number of amides is 2. The van der Waals surface area contributed by atoms with E-state index in [1.807, 2.05) is 36.4 Å². The number of hydrogen-bond acceptors (Lipinski definition) is 6. The summed E-state index contributed by atoms with van der Waals surface area (Å²) in [5, 5.41) is 9.41. The molecule has 0 fully saturated rings. The monoisotopic (exact) mass is 430 g/mol. The summed E-state index contributed by atoms with van der Waals surface area (Å²) in [6.07, 6.45) is -0.535. The van der Waals surface area contributed by atoms with Crippen LogP contribution in [0.1, 0.15) is 24.0 Å². The highest BCUT2D eigenvalue weighted by Gasteiger charge is 2.29. The van der Waals surface area contributed by atoms with Gasteiger partial charge in [-0.25, -0.2) is 4.79 Å². The lowest BCUT2D eigenvalue weighted by molar-refractivity contribution is -0.124. The predicted molar refractivity (Wildman–Crippen MR) is 114 cm³/mol. The Labute approximate surface area is 179 Å². The lowest BCUT2D eigenvalue weighted by atomic mass is 10.1. The van der Waals surface area contributed by atoms with Crippen LogP contribution in [0.2, 0.25) is 0 Å². The van der Waals surface area contributed by atoms with E-state index in [0.29, 0.717) is 17.3 Å². The molecule has 2 amide bonds. The zero-order valence-corrected chi connectivity index (χ0v) is 17.0. The molecule has 0 saturated carbocycles. The Bertz CT molecular complexity index is 907. The highest BCUT2D eigenvalue weighted by Crippen LogP contribution is 2.18. The van der Waals surface area contributed by atoms with E-state index in [2.05, 4.69) is 15.8 Å². The summed E-state index contributed by atoms with van der Waals surface area (Å²) in [6.45, 7) is 0.364. The van der Waals surface area contributed by atoms with Crippen molar-refractivity contribution in [3.63, 3.8) is 0 Å². The van der Waals surface area contributed by atoms with Crippen molar-refractivity contribution < 1.29 is 19.2 Å². The number of ether oxygens (including phenoxy) is 1. The Hall–Kier alpha value is -3.26. The third kappa shape index (κ3) is 6.66. The summed E-state index contributed by atoms with van der Waals surface area (Å²) in [5.41, 5.74) is 8.06. The van der Waals surface area contributed by atoms with E-state index < -0.39 is 18.2 Å². The maximum Gasteiger partial charge on any atom is 0.408 e. The minimum Gasteiger partial charge on any atom is -0.445 e. The average molecular weight is 431 g/mol. The molecule has 0 aromatic heterocycles. The fourth-order valence-corrected chi connectivity index (χ4v) is 3.15. The van der Waals surface area contributed by atoms with E-state index in [4.69, 9.17) is 26.9 Å². The Morgan fingerprint density at radius 3 is 2.67 bits per heavy atom. The molecule has 4 N–H and O–H groups in total. The van der Waals surface area contributed by atoms with E-state index in [1.165, 1.54) is 0 Å². The first kappa shape index (κ1) is 21.4. The van der Waals surface area contributed by atoms with Crippen LogP contribution in [0.5, 0.6) is 0 Å². The van der Waals surface area contributed by atoms with E-state index >= 15 is 0 Å². The number of nitrogens with zero attached hydrogens (tertiary/aromatic N) is 1. The van der Waals surface area contributed by atoms with Crippen LogP contribution in [0.4, 0.5) is 10.5 Å². The third-order valence-corrected chi connectivity index (χ3v) is 4.66. The van der Waals surface area contributed by atoms with Gasteiger partial charge in [-0.2, -0.15) is 0 Å². The first-order chi connectivity index (χ1) is 14.5. The van der Waals surface area contributed by atoms with Crippen molar-refractivity contribution in [3.8, 4) is 0 Å². The van der Waals surface area contributed by atoms with Crippen LogP contribution >= 0.6 is 11.6 Å². The van der Waals surface area contributed by atoms with Gasteiger partial charge in [-0.15, -0.1) is 0 Å². The molecule has 3 rings (SSSR count). The number of benzene rings is 2. The molecule has 0 bridgehead atoms. The molecule has 0 aliphatic carbocycles. The smallest absolute Gasteiger partial charge is 0.408 e. The maximum absolute atomic E-state index is 12.7. The summed E-state index contributed by atoms with van der Waals surface area (Å²) < 4.78 is 5.23. The number of nitrogens with two attached hydrogens (primary N) is 1. The second-order valence-electron chi connectivity index (χ2n) is 6.86. The quantitative estimate of drug-likeness (QED) is 0.557. The van der Waals surface area contributed by atoms with Gasteiger partial charge in [0.25, 0.3) is 0 Å². The number of nitrogens with one attached hydrogen (secondary N) is 2. The van der Waals surface area contributed by atoms with Gasteiger partial charge in [-0.05, 0) is 23.3 Å². The van der Waals surface area contributed by atoms with Crippen LogP contribution in [0.15, 0.2) is 59.8 Å². The standard InChI is InChI=1S/C21H23ClN4O4/c22-19-11-17(30-26-19)10-18(20(27)24-12-15-7-4-8-16(23)9-15)25-21(28)29-13-14-5-2-1-3-6-14/h1-9,17-18H,10-13,23H2,(H,24,27)(H,25,28). The third-order valence-electron chi connectivity index (χ3n) is 4.43. The summed E-state index contributed by atoms with van der Waals surface area (Å²) in [4.78, 5) is 30.2. The van der Waals surface area contributed by atoms with Gasteiger partial charge in [-0.3, -0.25) is 4.79 Å². The zero-order chi connectivity index (χ0) is 21.3. The van der Waals surface area contributed by atoms with Gasteiger partial charge < -0.3 is 25.9 Å². The van der Waals surface area contributed by atoms with Gasteiger partial charge in [-0.1, -0.05) is 59.2 Å². The fraction of sp³-hybridized carbons (Fsp3) is 0.286. The number of alkyl carbamates (subject to hydrolysis) is 1. The first-order valence-corrected chi connectivity index (χ1v) is 9.85. The molecule has 2 atom stereocenters. The minimum absolute atomic E-state index is 0.0964. The highest BCUT2D eigenvalue weighted by atomic mass is 35.5. The van der Waals surface area contributed by atoms with Crippen molar-refractivity contribution in [2.45, 2.75) is 38.1 Å². The second kappa shape index (κ2) is 10.5. The molecule has 1 aliphatic heterocycles. The normalized spacial score (nSPS) is 16.2. The molecule has 9 heteroatoms. The average Bonchev–Trinajstić information content (AvgIpc) is 3.15. The molecule has 0 spiro atoms. The van der Waals surface area contributed by atoms with Gasteiger partial charge >= 0.3 is 6.09 Å². The molecule has 0 saturated heterocycles. The van der Waals surface area contributed by atoms with Gasteiger partial charge in [0.15, 0.2) is 0 Å². The van der Waals surface area contributed by atoms with Crippen molar-refractivity contribution in [2.24, 2.45) is 5.16 Å². The fourth-order valence-electron chi connectivity index (χ4n) is 2.94. The number of carbonyl (C=O) groups is 2. The van der Waals surface area contributed by atoms with Gasteiger partial charge in [0.1, 0.15) is 23.9 Å². The number of hydrogen-bond donors (Lipinski definition) is 3. The SMILES string of the molecule is Nc1cccc(CNC(=O)C(CC2CC(Cl)=NO2)NC(=O)OCc2ccccc2)c1. The molecule has 158 valence electrons. The van der Waals surface area contributed by atoms with Crippen molar-refractivity contribution in [1.82, 2.24) is 10.6 Å². The molecule has 1 aliphatic rings. The number of rotatable bonds is 8. The maximum atomic E-state index is 12.7. The summed E-state index contributed by atoms with van der Waals surface area (Å²) in [7, 11) is 0. The summed E-state index contributed by atoms with van der Waals surface area (Å²) >= 11 is 5.85. The lowest BCUT2D eigenvalue weighted by Gasteiger charge is -2.20. The van der Waals surface area contributed by atoms with Crippen molar-refractivity contribution in [1.29, 1.82) is 0 Å². The molecular formula is C21H23ClN4O4.